The molecule has 0 spiro atoms. The highest BCUT2D eigenvalue weighted by atomic mass is 35.5. The maximum atomic E-state index is 12.1. The van der Waals surface area contributed by atoms with Crippen LogP contribution in [0.25, 0.3) is 0 Å². The van der Waals surface area contributed by atoms with Gasteiger partial charge in [0.15, 0.2) is 13.2 Å². The van der Waals surface area contributed by atoms with Crippen LogP contribution in [-0.4, -0.2) is 25.1 Å². The minimum absolute atomic E-state index is 0.280. The Morgan fingerprint density at radius 1 is 1.15 bits per heavy atom. The van der Waals surface area contributed by atoms with Crippen molar-refractivity contribution in [3.8, 4) is 5.75 Å². The van der Waals surface area contributed by atoms with Crippen molar-refractivity contribution >= 4 is 29.2 Å². The number of ether oxygens (including phenoxy) is 2. The summed E-state index contributed by atoms with van der Waals surface area (Å²) in [6, 6.07) is 12.7. The Bertz CT molecular complexity index is 807. The molecular weight excluding hydrogens is 366 g/mol. The molecule has 5 nitrogen and oxygen atoms in total. The van der Waals surface area contributed by atoms with Gasteiger partial charge in [-0.25, -0.2) is 4.79 Å². The zero-order chi connectivity index (χ0) is 19.8. The van der Waals surface area contributed by atoms with E-state index in [1.165, 1.54) is 0 Å². The number of halogens is 1. The van der Waals surface area contributed by atoms with Crippen LogP contribution in [0.5, 0.6) is 5.75 Å². The fraction of sp³-hybridized carbons (Fsp3) is 0.333. The lowest BCUT2D eigenvalue weighted by molar-refractivity contribution is -0.149. The summed E-state index contributed by atoms with van der Waals surface area (Å²) in [5.41, 5.74) is 2.64. The lowest BCUT2D eigenvalue weighted by atomic mass is 9.97. The van der Waals surface area contributed by atoms with Crippen molar-refractivity contribution in [3.05, 3.63) is 58.6 Å². The van der Waals surface area contributed by atoms with Crippen molar-refractivity contribution in [1.29, 1.82) is 0 Å². The fourth-order valence-electron chi connectivity index (χ4n) is 2.48. The Balaban J connectivity index is 1.81. The molecule has 0 heterocycles. The average molecular weight is 390 g/mol. The van der Waals surface area contributed by atoms with Crippen LogP contribution in [0.3, 0.4) is 0 Å². The first-order valence-corrected chi connectivity index (χ1v) is 9.21. The van der Waals surface area contributed by atoms with E-state index in [1.807, 2.05) is 31.2 Å². The fourth-order valence-corrected chi connectivity index (χ4v) is 2.60. The molecule has 0 unspecified atom stereocenters. The highest BCUT2D eigenvalue weighted by molar-refractivity contribution is 6.31. The molecule has 0 aliphatic carbocycles. The second kappa shape index (κ2) is 9.97. The van der Waals surface area contributed by atoms with Crippen molar-refractivity contribution < 1.29 is 19.1 Å². The number of esters is 1. The molecule has 0 saturated carbocycles. The number of carbonyl (C=O) groups is 2. The molecule has 1 N–H and O–H groups in total. The van der Waals surface area contributed by atoms with E-state index in [0.717, 1.165) is 23.2 Å². The molecule has 2 rings (SSSR count). The zero-order valence-electron chi connectivity index (χ0n) is 15.8. The SMILES string of the molecule is CC[C@H](C)c1ccccc1NC(=O)COC(=O)COc1ccc(Cl)c(C)c1. The smallest absolute Gasteiger partial charge is 0.344 e. The van der Waals surface area contributed by atoms with Crippen LogP contribution in [0.1, 0.15) is 37.3 Å². The van der Waals surface area contributed by atoms with Gasteiger partial charge in [-0.3, -0.25) is 4.79 Å². The minimum atomic E-state index is -0.618. The summed E-state index contributed by atoms with van der Waals surface area (Å²) in [6.07, 6.45) is 0.962. The molecule has 0 radical (unpaired) electrons. The van der Waals surface area contributed by atoms with Crippen LogP contribution >= 0.6 is 11.6 Å². The third kappa shape index (κ3) is 6.29. The number of hydrogen-bond donors (Lipinski definition) is 1. The molecule has 2 aromatic rings. The molecule has 27 heavy (non-hydrogen) atoms. The highest BCUT2D eigenvalue weighted by Gasteiger charge is 2.13. The van der Waals surface area contributed by atoms with E-state index >= 15 is 0 Å². The number of nitrogens with one attached hydrogen (secondary N) is 1. The largest absolute Gasteiger partial charge is 0.482 e. The van der Waals surface area contributed by atoms with Crippen molar-refractivity contribution in [1.82, 2.24) is 0 Å². The molecule has 6 heteroatoms. The molecule has 0 bridgehead atoms. The summed E-state index contributed by atoms with van der Waals surface area (Å²) in [7, 11) is 0. The molecule has 0 aliphatic heterocycles. The monoisotopic (exact) mass is 389 g/mol. The predicted molar refractivity (Wildman–Crippen MR) is 106 cm³/mol. The Kier molecular flexibility index (Phi) is 7.67. The third-order valence-electron chi connectivity index (χ3n) is 4.23. The lowest BCUT2D eigenvalue weighted by Crippen LogP contribution is -2.24. The van der Waals surface area contributed by atoms with Crippen LogP contribution in [0.15, 0.2) is 42.5 Å². The molecule has 1 amide bonds. The maximum absolute atomic E-state index is 12.1. The Morgan fingerprint density at radius 3 is 2.59 bits per heavy atom. The van der Waals surface area contributed by atoms with Crippen molar-refractivity contribution in [2.75, 3.05) is 18.5 Å². The first-order valence-electron chi connectivity index (χ1n) is 8.84. The number of aryl methyl sites for hydroxylation is 1. The molecule has 0 aliphatic rings. The minimum Gasteiger partial charge on any atom is -0.482 e. The second-order valence-electron chi connectivity index (χ2n) is 6.31. The van der Waals surface area contributed by atoms with Gasteiger partial charge in [-0.1, -0.05) is 43.6 Å². The Hall–Kier alpha value is -2.53. The predicted octanol–water partition coefficient (Wildman–Crippen LogP) is 4.72. The van der Waals surface area contributed by atoms with Crippen molar-refractivity contribution in [3.63, 3.8) is 0 Å². The van der Waals surface area contributed by atoms with Gasteiger partial charge in [-0.2, -0.15) is 0 Å². The van der Waals surface area contributed by atoms with E-state index in [9.17, 15) is 9.59 Å². The first kappa shape index (κ1) is 20.8. The molecule has 144 valence electrons. The van der Waals surface area contributed by atoms with Gasteiger partial charge in [0.25, 0.3) is 5.91 Å². The topological polar surface area (TPSA) is 64.6 Å². The van der Waals surface area contributed by atoms with E-state index in [0.29, 0.717) is 16.7 Å². The molecular formula is C21H24ClNO4. The van der Waals surface area contributed by atoms with Gasteiger partial charge in [-0.15, -0.1) is 0 Å². The van der Waals surface area contributed by atoms with Crippen LogP contribution in [0, 0.1) is 6.92 Å². The summed E-state index contributed by atoms with van der Waals surface area (Å²) in [4.78, 5) is 23.9. The first-order chi connectivity index (χ1) is 12.9. The normalized spacial score (nSPS) is 11.6. The van der Waals surface area contributed by atoms with E-state index in [4.69, 9.17) is 21.1 Å². The van der Waals surface area contributed by atoms with Crippen LogP contribution in [0.2, 0.25) is 5.02 Å². The van der Waals surface area contributed by atoms with Gasteiger partial charge in [0.2, 0.25) is 0 Å². The van der Waals surface area contributed by atoms with Crippen LogP contribution in [-0.2, 0) is 14.3 Å². The highest BCUT2D eigenvalue weighted by Crippen LogP contribution is 2.26. The van der Waals surface area contributed by atoms with E-state index < -0.39 is 5.97 Å². The van der Waals surface area contributed by atoms with Crippen LogP contribution in [0.4, 0.5) is 5.69 Å². The summed E-state index contributed by atoms with van der Waals surface area (Å²) in [5.74, 6) is -0.171. The molecule has 0 aromatic heterocycles. The summed E-state index contributed by atoms with van der Waals surface area (Å²) in [6.45, 7) is 5.39. The maximum Gasteiger partial charge on any atom is 0.344 e. The molecule has 0 saturated heterocycles. The zero-order valence-corrected chi connectivity index (χ0v) is 16.5. The summed E-state index contributed by atoms with van der Waals surface area (Å²) < 4.78 is 10.3. The number of benzene rings is 2. The van der Waals surface area contributed by atoms with Crippen LogP contribution < -0.4 is 10.1 Å². The number of anilines is 1. The number of carbonyl (C=O) groups excluding carboxylic acids is 2. The molecule has 1 atom stereocenters. The average Bonchev–Trinajstić information content (AvgIpc) is 2.67. The quantitative estimate of drug-likeness (QED) is 0.663. The summed E-state index contributed by atoms with van der Waals surface area (Å²) in [5, 5.41) is 3.42. The molecule has 0 fully saturated rings. The van der Waals surface area contributed by atoms with Gasteiger partial charge in [-0.05, 0) is 54.7 Å². The van der Waals surface area contributed by atoms with Gasteiger partial charge < -0.3 is 14.8 Å². The number of para-hydroxylation sites is 1. The third-order valence-corrected chi connectivity index (χ3v) is 4.65. The summed E-state index contributed by atoms with van der Waals surface area (Å²) >= 11 is 5.94. The lowest BCUT2D eigenvalue weighted by Gasteiger charge is -2.15. The molecule has 2 aromatic carbocycles. The van der Waals surface area contributed by atoms with Crippen molar-refractivity contribution in [2.24, 2.45) is 0 Å². The van der Waals surface area contributed by atoms with E-state index in [-0.39, 0.29) is 19.1 Å². The second-order valence-corrected chi connectivity index (χ2v) is 6.71. The van der Waals surface area contributed by atoms with Gasteiger partial charge >= 0.3 is 5.97 Å². The van der Waals surface area contributed by atoms with E-state index in [2.05, 4.69) is 19.2 Å². The number of amides is 1. The van der Waals surface area contributed by atoms with E-state index in [1.54, 1.807) is 18.2 Å². The Labute approximate surface area is 164 Å². The van der Waals surface area contributed by atoms with Gasteiger partial charge in [0.1, 0.15) is 5.75 Å². The Morgan fingerprint density at radius 2 is 1.89 bits per heavy atom. The van der Waals surface area contributed by atoms with Crippen molar-refractivity contribution in [2.45, 2.75) is 33.1 Å². The number of hydrogen-bond acceptors (Lipinski definition) is 4. The van der Waals surface area contributed by atoms with Gasteiger partial charge in [0, 0.05) is 10.7 Å². The van der Waals surface area contributed by atoms with Gasteiger partial charge in [0.05, 0.1) is 0 Å². The number of rotatable bonds is 8. The standard InChI is InChI=1S/C21H24ClNO4/c1-4-14(2)17-7-5-6-8-19(17)23-20(24)12-27-21(25)13-26-16-9-10-18(22)15(3)11-16/h5-11,14H,4,12-13H2,1-3H3,(H,23,24)/t14-/m0/s1.